The van der Waals surface area contributed by atoms with Crippen molar-refractivity contribution in [2.24, 2.45) is 0 Å². The van der Waals surface area contributed by atoms with Gasteiger partial charge in [-0.2, -0.15) is 0 Å². The molecule has 0 radical (unpaired) electrons. The van der Waals surface area contributed by atoms with Gasteiger partial charge in [-0.05, 0) is 41.5 Å². The molecule has 0 aliphatic carbocycles. The first-order chi connectivity index (χ1) is 10.4. The van der Waals surface area contributed by atoms with E-state index >= 15 is 0 Å². The van der Waals surface area contributed by atoms with Gasteiger partial charge in [0.15, 0.2) is 0 Å². The maximum absolute atomic E-state index is 8.89. The second-order valence-corrected chi connectivity index (χ2v) is 2.95. The minimum absolute atomic E-state index is 0. The van der Waals surface area contributed by atoms with Crippen molar-refractivity contribution in [2.75, 3.05) is 0 Å². The van der Waals surface area contributed by atoms with Crippen LogP contribution in [-0.2, 0) is 28.8 Å². The SMILES string of the molecule is CC(=O)[O-].CC(=O)[O-].CC(=O)[O-].CC(=O)[O-].CC(=O)[O-].CC(=O)[O-].[Ba+2].[Ca+2].[Ca+2]. The second-order valence-electron chi connectivity index (χ2n) is 2.95. The van der Waals surface area contributed by atoms with Crippen LogP contribution in [0.4, 0.5) is 0 Å². The van der Waals surface area contributed by atoms with Crippen LogP contribution in [0.5, 0.6) is 0 Å². The first-order valence-electron chi connectivity index (χ1n) is 5.45. The molecule has 15 heteroatoms. The maximum atomic E-state index is 8.89. The Bertz CT molecular complexity index is 272. The van der Waals surface area contributed by atoms with E-state index in [9.17, 15) is 0 Å². The Labute approximate surface area is 256 Å². The number of hydrogen-bond donors (Lipinski definition) is 0. The van der Waals surface area contributed by atoms with E-state index in [0.717, 1.165) is 41.5 Å². The molecule has 12 nitrogen and oxygen atoms in total. The number of carbonyl (C=O) groups is 6. The molecule has 0 aromatic rings. The molecule has 0 spiro atoms. The van der Waals surface area contributed by atoms with Crippen LogP contribution in [0.2, 0.25) is 0 Å². The molecule has 0 amide bonds. The maximum Gasteiger partial charge on any atom is 2.00 e. The summed E-state index contributed by atoms with van der Waals surface area (Å²) in [5, 5.41) is 53.3. The van der Waals surface area contributed by atoms with Crippen molar-refractivity contribution in [2.45, 2.75) is 41.5 Å². The third kappa shape index (κ3) is 20100. The molecule has 0 aromatic carbocycles. The van der Waals surface area contributed by atoms with Gasteiger partial charge in [-0.1, -0.05) is 0 Å². The van der Waals surface area contributed by atoms with Crippen molar-refractivity contribution in [3.8, 4) is 0 Å². The van der Waals surface area contributed by atoms with Gasteiger partial charge in [0.05, 0.1) is 0 Å². The summed E-state index contributed by atoms with van der Waals surface area (Å²) in [5.74, 6) is -6.50. The van der Waals surface area contributed by atoms with Crippen LogP contribution in [0.1, 0.15) is 41.5 Å². The molecule has 0 aromatic heterocycles. The van der Waals surface area contributed by atoms with E-state index in [4.69, 9.17) is 59.4 Å². The molecule has 0 rings (SSSR count). The van der Waals surface area contributed by atoms with Crippen LogP contribution in [0.3, 0.4) is 0 Å². The monoisotopic (exact) mass is 572 g/mol. The molecule has 0 aliphatic heterocycles. The second kappa shape index (κ2) is 50.5. The number of carboxylic acids is 6. The van der Waals surface area contributed by atoms with E-state index < -0.39 is 35.8 Å². The molecule has 0 fully saturated rings. The predicted octanol–water partition coefficient (Wildman–Crippen LogP) is -8.61. The molecule has 144 valence electrons. The van der Waals surface area contributed by atoms with E-state index in [1.165, 1.54) is 0 Å². The topological polar surface area (TPSA) is 241 Å². The van der Waals surface area contributed by atoms with Crippen LogP contribution >= 0.6 is 0 Å². The van der Waals surface area contributed by atoms with Crippen LogP contribution in [0.25, 0.3) is 0 Å². The summed E-state index contributed by atoms with van der Waals surface area (Å²) < 4.78 is 0. The van der Waals surface area contributed by atoms with E-state index in [1.54, 1.807) is 0 Å². The van der Waals surface area contributed by atoms with Crippen LogP contribution < -0.4 is 30.6 Å². The van der Waals surface area contributed by atoms with Crippen molar-refractivity contribution in [3.63, 3.8) is 0 Å². The minimum Gasteiger partial charge on any atom is -0.550 e. The summed E-state index contributed by atoms with van der Waals surface area (Å²) in [5.41, 5.74) is 0. The third-order valence-electron chi connectivity index (χ3n) is 0. The Balaban J connectivity index is -0.0000000201. The molecule has 0 bridgehead atoms. The minimum atomic E-state index is -1.08. The summed E-state index contributed by atoms with van der Waals surface area (Å²) in [6, 6.07) is 0. The molecule has 0 unspecified atom stereocenters. The Morgan fingerprint density at radius 2 is 0.370 bits per heavy atom. The van der Waals surface area contributed by atoms with Gasteiger partial charge in [-0.15, -0.1) is 0 Å². The molecule has 0 heterocycles. The van der Waals surface area contributed by atoms with E-state index in [0.29, 0.717) is 0 Å². The molecule has 0 N–H and O–H groups in total. The molecule has 0 atom stereocenters. The van der Waals surface area contributed by atoms with E-state index in [1.807, 2.05) is 0 Å². The van der Waals surface area contributed by atoms with Gasteiger partial charge in [0.1, 0.15) is 0 Å². The fourth-order valence-electron chi connectivity index (χ4n) is 0. The van der Waals surface area contributed by atoms with Crippen LogP contribution in [-0.4, -0.2) is 160 Å². The zero-order valence-corrected chi connectivity index (χ0v) is 24.9. The predicted molar refractivity (Wildman–Crippen MR) is 81.3 cm³/mol. The fraction of sp³-hybridized carbons (Fsp3) is 0.500. The smallest absolute Gasteiger partial charge is 0.550 e. The number of carboxylic acid groups (broad SMARTS) is 6. The van der Waals surface area contributed by atoms with Gasteiger partial charge in [0.2, 0.25) is 0 Å². The van der Waals surface area contributed by atoms with Crippen LogP contribution in [0.15, 0.2) is 0 Å². The summed E-state index contributed by atoms with van der Waals surface area (Å²) in [6.07, 6.45) is 0. The Hall–Kier alpha value is 0.911. The molecule has 0 saturated heterocycles. The average molecular weight is 572 g/mol. The Morgan fingerprint density at radius 1 is 0.370 bits per heavy atom. The largest absolute Gasteiger partial charge is 2.00 e. The summed E-state index contributed by atoms with van der Waals surface area (Å²) >= 11 is 0. The molecule has 0 aliphatic rings. The zero-order chi connectivity index (χ0) is 21.5. The van der Waals surface area contributed by atoms with Crippen molar-refractivity contribution in [1.82, 2.24) is 0 Å². The summed E-state index contributed by atoms with van der Waals surface area (Å²) in [7, 11) is 0. The fourth-order valence-corrected chi connectivity index (χ4v) is 0. The number of carbonyl (C=O) groups excluding carboxylic acids is 6. The van der Waals surface area contributed by atoms with Crippen molar-refractivity contribution in [1.29, 1.82) is 0 Å². The zero-order valence-electron chi connectivity index (χ0n) is 16.0. The van der Waals surface area contributed by atoms with Crippen molar-refractivity contribution in [3.05, 3.63) is 0 Å². The van der Waals surface area contributed by atoms with E-state index in [-0.39, 0.29) is 124 Å². The summed E-state index contributed by atoms with van der Waals surface area (Å²) in [6.45, 7) is 5.83. The third-order valence-corrected chi connectivity index (χ3v) is 0. The number of hydrogen-bond acceptors (Lipinski definition) is 12. The Morgan fingerprint density at radius 3 is 0.370 bits per heavy atom. The van der Waals surface area contributed by atoms with Gasteiger partial charge in [-0.25, -0.2) is 0 Å². The quantitative estimate of drug-likeness (QED) is 0.246. The Kier molecular flexibility index (Phi) is 106. The van der Waals surface area contributed by atoms with Crippen molar-refractivity contribution < 1.29 is 59.4 Å². The number of aliphatic carboxylic acids is 6. The van der Waals surface area contributed by atoms with Gasteiger partial charge in [0.25, 0.3) is 0 Å². The van der Waals surface area contributed by atoms with Gasteiger partial charge < -0.3 is 59.4 Å². The van der Waals surface area contributed by atoms with Gasteiger partial charge >= 0.3 is 124 Å². The van der Waals surface area contributed by atoms with Crippen LogP contribution in [0, 0.1) is 0 Å². The molecule has 0 saturated carbocycles. The molecular formula is C12H18BaCa2O12. The summed E-state index contributed by atoms with van der Waals surface area (Å²) in [4.78, 5) is 53.3. The van der Waals surface area contributed by atoms with Crippen molar-refractivity contribution >= 4 is 160 Å². The van der Waals surface area contributed by atoms with Gasteiger partial charge in [-0.3, -0.25) is 0 Å². The van der Waals surface area contributed by atoms with E-state index in [2.05, 4.69) is 0 Å². The normalized spacial score (nSPS) is 5.56. The van der Waals surface area contributed by atoms with Gasteiger partial charge in [0, 0.05) is 35.8 Å². The number of rotatable bonds is 0. The first kappa shape index (κ1) is 56.5. The average Bonchev–Trinajstić information content (AvgIpc) is 2.08. The standard InChI is InChI=1S/6C2H4O2.Ba.2Ca/c6*1-2(3)4;;;/h6*1H3,(H,3,4);;;/q;;;;;;3*+2/p-6. The molecular weight excluding hydrogens is 554 g/mol. The first-order valence-corrected chi connectivity index (χ1v) is 5.45. The molecule has 27 heavy (non-hydrogen) atoms.